The normalized spacial score (nSPS) is 14.9. The average molecular weight is 565 g/mol. The SMILES string of the molecule is Cc1cccc2c1nc(-c1ccccc1Cl)n2CC(C)O.Cc1cccc2c1nc1n2CC(C)Oc2ccccc2-1. The molecular weight excluding hydrogens is 532 g/mol. The minimum atomic E-state index is -0.454. The first-order valence-corrected chi connectivity index (χ1v) is 14.3. The maximum absolute atomic E-state index is 9.81. The van der Waals surface area contributed by atoms with Crippen LogP contribution in [0.4, 0.5) is 0 Å². The fraction of sp³-hybridized carbons (Fsp3) is 0.235. The van der Waals surface area contributed by atoms with Crippen LogP contribution in [-0.2, 0) is 13.1 Å². The van der Waals surface area contributed by atoms with Crippen molar-refractivity contribution < 1.29 is 9.84 Å². The summed E-state index contributed by atoms with van der Waals surface area (Å²) < 4.78 is 10.3. The molecule has 1 aliphatic heterocycles. The van der Waals surface area contributed by atoms with Gasteiger partial charge in [0, 0.05) is 5.56 Å². The van der Waals surface area contributed by atoms with E-state index < -0.39 is 6.10 Å². The van der Waals surface area contributed by atoms with Crippen LogP contribution in [0.15, 0.2) is 84.9 Å². The Morgan fingerprint density at radius 3 is 2.15 bits per heavy atom. The molecule has 3 heterocycles. The molecule has 4 aromatic carbocycles. The van der Waals surface area contributed by atoms with Gasteiger partial charge < -0.3 is 19.0 Å². The summed E-state index contributed by atoms with van der Waals surface area (Å²) in [6.45, 7) is 9.34. The number of imidazole rings is 2. The molecular formula is C34H33ClN4O2. The van der Waals surface area contributed by atoms with Gasteiger partial charge in [-0.25, -0.2) is 9.97 Å². The Morgan fingerprint density at radius 2 is 1.44 bits per heavy atom. The minimum Gasteiger partial charge on any atom is -0.488 e. The van der Waals surface area contributed by atoms with Crippen LogP contribution in [0.2, 0.25) is 5.02 Å². The summed E-state index contributed by atoms with van der Waals surface area (Å²) in [5, 5.41) is 10.5. The molecule has 6 aromatic rings. The Labute approximate surface area is 244 Å². The summed E-state index contributed by atoms with van der Waals surface area (Å²) in [5.41, 5.74) is 8.54. The van der Waals surface area contributed by atoms with E-state index in [1.807, 2.05) is 72.2 Å². The average Bonchev–Trinajstić information content (AvgIpc) is 3.45. The van der Waals surface area contributed by atoms with Gasteiger partial charge in [-0.3, -0.25) is 0 Å². The molecule has 0 bridgehead atoms. The molecule has 2 atom stereocenters. The Morgan fingerprint density at radius 1 is 0.829 bits per heavy atom. The molecule has 1 N–H and O–H groups in total. The Kier molecular flexibility index (Phi) is 7.28. The van der Waals surface area contributed by atoms with Crippen LogP contribution in [0, 0.1) is 13.8 Å². The molecule has 7 rings (SSSR count). The summed E-state index contributed by atoms with van der Waals surface area (Å²) in [6.07, 6.45) is -0.320. The van der Waals surface area contributed by atoms with E-state index in [1.165, 1.54) is 11.1 Å². The number of aromatic nitrogens is 4. The first kappa shape index (κ1) is 27.1. The number of hydrogen-bond acceptors (Lipinski definition) is 4. The number of aliphatic hydroxyl groups is 1. The number of nitrogens with zero attached hydrogens (tertiary/aromatic N) is 4. The number of ether oxygens (including phenoxy) is 1. The highest BCUT2D eigenvalue weighted by Crippen LogP contribution is 2.36. The summed E-state index contributed by atoms with van der Waals surface area (Å²) >= 11 is 6.32. The van der Waals surface area contributed by atoms with E-state index in [9.17, 15) is 5.11 Å². The fourth-order valence-corrected chi connectivity index (χ4v) is 5.75. The molecule has 0 saturated carbocycles. The van der Waals surface area contributed by atoms with E-state index in [0.717, 1.165) is 57.2 Å². The summed E-state index contributed by atoms with van der Waals surface area (Å²) in [4.78, 5) is 9.64. The number of benzene rings is 4. The number of aryl methyl sites for hydroxylation is 2. The third-order valence-corrected chi connectivity index (χ3v) is 7.75. The second-order valence-corrected chi connectivity index (χ2v) is 11.1. The highest BCUT2D eigenvalue weighted by Gasteiger charge is 2.23. The first-order chi connectivity index (χ1) is 19.8. The van der Waals surface area contributed by atoms with Crippen molar-refractivity contribution in [1.29, 1.82) is 0 Å². The lowest BCUT2D eigenvalue weighted by molar-refractivity contribution is 0.175. The van der Waals surface area contributed by atoms with Crippen LogP contribution < -0.4 is 4.74 Å². The summed E-state index contributed by atoms with van der Waals surface area (Å²) in [5.74, 6) is 2.73. The molecule has 41 heavy (non-hydrogen) atoms. The molecule has 6 nitrogen and oxygen atoms in total. The molecule has 0 saturated heterocycles. The van der Waals surface area contributed by atoms with Crippen molar-refractivity contribution in [2.75, 3.05) is 0 Å². The molecule has 2 unspecified atom stereocenters. The standard InChI is InChI=1S/C17H17ClN2O.C17H16N2O/c1-11-6-5-9-15-16(11)19-17(20(15)10-12(2)21)13-7-3-4-8-14(13)18;1-11-6-5-8-14-16(11)18-17-13-7-3-4-9-15(13)20-12(2)10-19(14)17/h3-9,12,21H,10H2,1-2H3;3-9,12H,10H2,1-2H3. The van der Waals surface area contributed by atoms with Crippen LogP contribution in [0.1, 0.15) is 25.0 Å². The quantitative estimate of drug-likeness (QED) is 0.238. The lowest BCUT2D eigenvalue weighted by Crippen LogP contribution is -2.17. The van der Waals surface area contributed by atoms with Crippen molar-refractivity contribution in [3.8, 4) is 28.5 Å². The van der Waals surface area contributed by atoms with Gasteiger partial charge in [0.1, 0.15) is 23.5 Å². The van der Waals surface area contributed by atoms with Crippen molar-refractivity contribution in [3.63, 3.8) is 0 Å². The predicted octanol–water partition coefficient (Wildman–Crippen LogP) is 7.84. The van der Waals surface area contributed by atoms with Crippen LogP contribution in [0.5, 0.6) is 5.75 Å². The Hall–Kier alpha value is -4.13. The highest BCUT2D eigenvalue weighted by atomic mass is 35.5. The zero-order chi connectivity index (χ0) is 28.7. The second kappa shape index (κ2) is 11.0. The maximum Gasteiger partial charge on any atom is 0.145 e. The molecule has 2 aromatic heterocycles. The highest BCUT2D eigenvalue weighted by molar-refractivity contribution is 6.33. The van der Waals surface area contributed by atoms with E-state index in [-0.39, 0.29) is 6.10 Å². The Bertz CT molecular complexity index is 1870. The van der Waals surface area contributed by atoms with E-state index in [0.29, 0.717) is 11.6 Å². The van der Waals surface area contributed by atoms with Crippen LogP contribution >= 0.6 is 11.6 Å². The van der Waals surface area contributed by atoms with Gasteiger partial charge in [0.2, 0.25) is 0 Å². The molecule has 0 amide bonds. The molecule has 1 aliphatic rings. The van der Waals surface area contributed by atoms with Crippen molar-refractivity contribution in [2.45, 2.75) is 53.0 Å². The number of hydrogen-bond donors (Lipinski definition) is 1. The third-order valence-electron chi connectivity index (χ3n) is 7.42. The van der Waals surface area contributed by atoms with Crippen molar-refractivity contribution in [3.05, 3.63) is 101 Å². The lowest BCUT2D eigenvalue weighted by atomic mass is 10.2. The lowest BCUT2D eigenvalue weighted by Gasteiger charge is -2.13. The van der Waals surface area contributed by atoms with Crippen LogP contribution in [-0.4, -0.2) is 36.4 Å². The smallest absolute Gasteiger partial charge is 0.145 e. The van der Waals surface area contributed by atoms with E-state index in [4.69, 9.17) is 26.3 Å². The van der Waals surface area contributed by atoms with Gasteiger partial charge in [-0.1, -0.05) is 60.1 Å². The largest absolute Gasteiger partial charge is 0.488 e. The van der Waals surface area contributed by atoms with Crippen LogP contribution in [0.3, 0.4) is 0 Å². The molecule has 0 spiro atoms. The number of aliphatic hydroxyl groups excluding tert-OH is 1. The topological polar surface area (TPSA) is 65.1 Å². The van der Waals surface area contributed by atoms with Crippen molar-refractivity contribution >= 4 is 33.7 Å². The number of halogens is 1. The molecule has 7 heteroatoms. The second-order valence-electron chi connectivity index (χ2n) is 10.7. The molecule has 0 fully saturated rings. The molecule has 0 aliphatic carbocycles. The Balaban J connectivity index is 0.000000148. The van der Waals surface area contributed by atoms with E-state index in [1.54, 1.807) is 6.92 Å². The van der Waals surface area contributed by atoms with Gasteiger partial charge in [0.15, 0.2) is 0 Å². The van der Waals surface area contributed by atoms with Gasteiger partial charge >= 0.3 is 0 Å². The predicted molar refractivity (Wildman–Crippen MR) is 167 cm³/mol. The summed E-state index contributed by atoms with van der Waals surface area (Å²) in [6, 6.07) is 28.2. The number of fused-ring (bicyclic) bond motifs is 6. The monoisotopic (exact) mass is 564 g/mol. The number of para-hydroxylation sites is 3. The van der Waals surface area contributed by atoms with E-state index in [2.05, 4.69) is 42.7 Å². The van der Waals surface area contributed by atoms with Gasteiger partial charge in [-0.2, -0.15) is 0 Å². The molecule has 0 radical (unpaired) electrons. The fourth-order valence-electron chi connectivity index (χ4n) is 5.53. The zero-order valence-electron chi connectivity index (χ0n) is 23.7. The maximum atomic E-state index is 9.81. The minimum absolute atomic E-state index is 0.135. The molecule has 208 valence electrons. The zero-order valence-corrected chi connectivity index (χ0v) is 24.4. The van der Waals surface area contributed by atoms with Crippen molar-refractivity contribution in [2.24, 2.45) is 0 Å². The first-order valence-electron chi connectivity index (χ1n) is 13.9. The van der Waals surface area contributed by atoms with E-state index >= 15 is 0 Å². The van der Waals surface area contributed by atoms with Gasteiger partial charge in [0.05, 0.1) is 51.8 Å². The van der Waals surface area contributed by atoms with Crippen molar-refractivity contribution in [1.82, 2.24) is 19.1 Å². The van der Waals surface area contributed by atoms with Gasteiger partial charge in [-0.05, 0) is 75.2 Å². The third kappa shape index (κ3) is 5.09. The number of rotatable bonds is 3. The summed E-state index contributed by atoms with van der Waals surface area (Å²) in [7, 11) is 0. The van der Waals surface area contributed by atoms with Gasteiger partial charge in [-0.15, -0.1) is 0 Å². The van der Waals surface area contributed by atoms with Crippen LogP contribution in [0.25, 0.3) is 44.8 Å². The van der Waals surface area contributed by atoms with Gasteiger partial charge in [0.25, 0.3) is 0 Å².